The number of amides is 1. The summed E-state index contributed by atoms with van der Waals surface area (Å²) >= 11 is 0. The number of phenols is 1. The highest BCUT2D eigenvalue weighted by Crippen LogP contribution is 2.33. The molecule has 2 rings (SSSR count). The average Bonchev–Trinajstić information content (AvgIpc) is 2.48. The zero-order chi connectivity index (χ0) is 17.0. The number of aromatic amines is 1. The number of benzene rings is 1. The van der Waals surface area contributed by atoms with Crippen LogP contribution in [0.1, 0.15) is 6.92 Å². The van der Waals surface area contributed by atoms with Gasteiger partial charge in [0.1, 0.15) is 23.7 Å². The minimum atomic E-state index is -1.19. The second-order valence-corrected chi connectivity index (χ2v) is 4.50. The normalized spacial score (nSPS) is 10.3. The maximum Gasteiger partial charge on any atom is 0.328 e. The van der Waals surface area contributed by atoms with Crippen LogP contribution in [0.3, 0.4) is 0 Å². The SMILES string of the molecule is CCOc1cccc(O)c1NC(=O)Cn1cc(F)c(=O)[nH]c1=O. The van der Waals surface area contributed by atoms with Crippen molar-refractivity contribution in [1.29, 1.82) is 0 Å². The van der Waals surface area contributed by atoms with Crippen LogP contribution in [0, 0.1) is 5.82 Å². The number of carbonyl (C=O) groups excluding carboxylic acids is 1. The third-order valence-electron chi connectivity index (χ3n) is 2.85. The van der Waals surface area contributed by atoms with E-state index >= 15 is 0 Å². The molecule has 0 atom stereocenters. The summed E-state index contributed by atoms with van der Waals surface area (Å²) < 4.78 is 19.1. The Labute approximate surface area is 129 Å². The molecule has 1 heterocycles. The average molecular weight is 323 g/mol. The van der Waals surface area contributed by atoms with Crippen molar-refractivity contribution < 1.29 is 19.0 Å². The number of rotatable bonds is 5. The number of anilines is 1. The van der Waals surface area contributed by atoms with Crippen molar-refractivity contribution in [3.8, 4) is 11.5 Å². The topological polar surface area (TPSA) is 113 Å². The maximum atomic E-state index is 13.2. The van der Waals surface area contributed by atoms with Crippen molar-refractivity contribution in [2.45, 2.75) is 13.5 Å². The number of halogens is 1. The van der Waals surface area contributed by atoms with Crippen LogP contribution in [-0.4, -0.2) is 27.2 Å². The van der Waals surface area contributed by atoms with E-state index in [1.165, 1.54) is 12.1 Å². The summed E-state index contributed by atoms with van der Waals surface area (Å²) in [7, 11) is 0. The first-order valence-electron chi connectivity index (χ1n) is 6.66. The van der Waals surface area contributed by atoms with E-state index in [0.29, 0.717) is 17.4 Å². The molecule has 0 saturated heterocycles. The first-order chi connectivity index (χ1) is 10.9. The Hall–Kier alpha value is -3.10. The van der Waals surface area contributed by atoms with E-state index in [1.807, 2.05) is 0 Å². The predicted octanol–water partition coefficient (Wildman–Crippen LogP) is 0.419. The highest BCUT2D eigenvalue weighted by Gasteiger charge is 2.14. The fourth-order valence-corrected chi connectivity index (χ4v) is 1.85. The van der Waals surface area contributed by atoms with Gasteiger partial charge in [0.15, 0.2) is 0 Å². The summed E-state index contributed by atoms with van der Waals surface area (Å²) in [5, 5.41) is 12.2. The quantitative estimate of drug-likeness (QED) is 0.690. The lowest BCUT2D eigenvalue weighted by Crippen LogP contribution is -2.34. The Balaban J connectivity index is 2.22. The number of phenolic OH excluding ortho intramolecular Hbond substituents is 1. The van der Waals surface area contributed by atoms with Crippen LogP contribution < -0.4 is 21.3 Å². The van der Waals surface area contributed by atoms with Crippen molar-refractivity contribution in [1.82, 2.24) is 9.55 Å². The number of nitrogens with zero attached hydrogens (tertiary/aromatic N) is 1. The van der Waals surface area contributed by atoms with Gasteiger partial charge in [0, 0.05) is 0 Å². The van der Waals surface area contributed by atoms with Gasteiger partial charge in [-0.25, -0.2) is 4.79 Å². The number of nitrogens with one attached hydrogen (secondary N) is 2. The van der Waals surface area contributed by atoms with Crippen LogP contribution in [0.15, 0.2) is 34.0 Å². The summed E-state index contributed by atoms with van der Waals surface area (Å²) in [5.74, 6) is -1.86. The molecule has 0 bridgehead atoms. The molecule has 1 amide bonds. The zero-order valence-corrected chi connectivity index (χ0v) is 12.1. The van der Waals surface area contributed by atoms with Gasteiger partial charge in [0.2, 0.25) is 11.7 Å². The third-order valence-corrected chi connectivity index (χ3v) is 2.85. The van der Waals surface area contributed by atoms with Crippen LogP contribution >= 0.6 is 0 Å². The summed E-state index contributed by atoms with van der Waals surface area (Å²) in [6.07, 6.45) is 0.634. The molecule has 1 aromatic carbocycles. The molecule has 0 aliphatic heterocycles. The zero-order valence-electron chi connectivity index (χ0n) is 12.1. The Kier molecular flexibility index (Phi) is 4.79. The van der Waals surface area contributed by atoms with Gasteiger partial charge in [0.05, 0.1) is 12.8 Å². The van der Waals surface area contributed by atoms with E-state index in [0.717, 1.165) is 0 Å². The molecule has 0 spiro atoms. The van der Waals surface area contributed by atoms with Crippen LogP contribution in [0.5, 0.6) is 11.5 Å². The van der Waals surface area contributed by atoms with Crippen molar-refractivity contribution in [3.05, 3.63) is 51.1 Å². The van der Waals surface area contributed by atoms with Gasteiger partial charge in [0.25, 0.3) is 5.56 Å². The molecule has 0 saturated carbocycles. The molecular weight excluding hydrogens is 309 g/mol. The van der Waals surface area contributed by atoms with Gasteiger partial charge >= 0.3 is 5.69 Å². The van der Waals surface area contributed by atoms with Crippen molar-refractivity contribution in [3.63, 3.8) is 0 Å². The van der Waals surface area contributed by atoms with E-state index < -0.39 is 29.5 Å². The molecule has 0 unspecified atom stereocenters. The monoisotopic (exact) mass is 323 g/mol. The Morgan fingerprint density at radius 1 is 1.43 bits per heavy atom. The van der Waals surface area contributed by atoms with Crippen LogP contribution in [-0.2, 0) is 11.3 Å². The lowest BCUT2D eigenvalue weighted by molar-refractivity contribution is -0.116. The highest BCUT2D eigenvalue weighted by molar-refractivity contribution is 5.93. The second kappa shape index (κ2) is 6.77. The second-order valence-electron chi connectivity index (χ2n) is 4.50. The molecule has 0 aliphatic rings. The van der Waals surface area contributed by atoms with Gasteiger partial charge in [-0.1, -0.05) is 6.07 Å². The van der Waals surface area contributed by atoms with Crippen LogP contribution in [0.25, 0.3) is 0 Å². The Morgan fingerprint density at radius 3 is 2.87 bits per heavy atom. The maximum absolute atomic E-state index is 13.2. The van der Waals surface area contributed by atoms with Crippen molar-refractivity contribution in [2.24, 2.45) is 0 Å². The summed E-state index contributed by atoms with van der Waals surface area (Å²) in [4.78, 5) is 36.2. The van der Waals surface area contributed by atoms with E-state index in [2.05, 4.69) is 5.32 Å². The van der Waals surface area contributed by atoms with Crippen LogP contribution in [0.2, 0.25) is 0 Å². The molecule has 122 valence electrons. The number of carbonyl (C=O) groups is 1. The lowest BCUT2D eigenvalue weighted by Gasteiger charge is -2.13. The van der Waals surface area contributed by atoms with Gasteiger partial charge in [-0.05, 0) is 19.1 Å². The molecule has 0 fully saturated rings. The Bertz CT molecular complexity index is 843. The van der Waals surface area contributed by atoms with Gasteiger partial charge in [-0.3, -0.25) is 19.1 Å². The number of ether oxygens (including phenoxy) is 1. The summed E-state index contributed by atoms with van der Waals surface area (Å²) in [6.45, 7) is 1.50. The number of aromatic nitrogens is 2. The van der Waals surface area contributed by atoms with Gasteiger partial charge < -0.3 is 15.2 Å². The number of hydrogen-bond acceptors (Lipinski definition) is 5. The van der Waals surface area contributed by atoms with Crippen molar-refractivity contribution >= 4 is 11.6 Å². The largest absolute Gasteiger partial charge is 0.506 e. The number of para-hydroxylation sites is 1. The molecule has 23 heavy (non-hydrogen) atoms. The van der Waals surface area contributed by atoms with Crippen molar-refractivity contribution in [2.75, 3.05) is 11.9 Å². The predicted molar refractivity (Wildman–Crippen MR) is 79.2 cm³/mol. The molecule has 2 aromatic rings. The summed E-state index contributed by atoms with van der Waals surface area (Å²) in [5.41, 5.74) is -2.04. The number of hydrogen-bond donors (Lipinski definition) is 3. The lowest BCUT2D eigenvalue weighted by atomic mass is 10.2. The fourth-order valence-electron chi connectivity index (χ4n) is 1.85. The molecular formula is C14H14FN3O5. The first-order valence-corrected chi connectivity index (χ1v) is 6.66. The van der Waals surface area contributed by atoms with E-state index in [4.69, 9.17) is 4.74 Å². The molecule has 9 heteroatoms. The van der Waals surface area contributed by atoms with Crippen LogP contribution in [0.4, 0.5) is 10.1 Å². The minimum Gasteiger partial charge on any atom is -0.506 e. The standard InChI is InChI=1S/C14H14FN3O5/c1-2-23-10-5-3-4-9(19)12(10)16-11(20)7-18-6-8(15)13(21)17-14(18)22/h3-6,19H,2,7H2,1H3,(H,16,20)(H,17,21,22). The summed E-state index contributed by atoms with van der Waals surface area (Å²) in [6, 6.07) is 4.44. The van der Waals surface area contributed by atoms with Gasteiger partial charge in [-0.15, -0.1) is 0 Å². The van der Waals surface area contributed by atoms with E-state index in [9.17, 15) is 23.9 Å². The first kappa shape index (κ1) is 16.3. The third kappa shape index (κ3) is 3.76. The molecule has 0 radical (unpaired) electrons. The highest BCUT2D eigenvalue weighted by atomic mass is 19.1. The number of H-pyrrole nitrogens is 1. The molecule has 8 nitrogen and oxygen atoms in total. The van der Waals surface area contributed by atoms with Gasteiger partial charge in [-0.2, -0.15) is 4.39 Å². The molecule has 1 aromatic heterocycles. The number of aromatic hydroxyl groups is 1. The van der Waals surface area contributed by atoms with E-state index in [1.54, 1.807) is 18.0 Å². The molecule has 3 N–H and O–H groups in total. The Morgan fingerprint density at radius 2 is 2.17 bits per heavy atom. The fraction of sp³-hybridized carbons (Fsp3) is 0.214. The molecule has 0 aliphatic carbocycles. The smallest absolute Gasteiger partial charge is 0.328 e. The minimum absolute atomic E-state index is 0.0392. The van der Waals surface area contributed by atoms with E-state index in [-0.39, 0.29) is 17.2 Å².